The van der Waals surface area contributed by atoms with Gasteiger partial charge in [0.05, 0.1) is 0 Å². The summed E-state index contributed by atoms with van der Waals surface area (Å²) in [5.41, 5.74) is 1.76. The second-order valence-electron chi connectivity index (χ2n) is 14.9. The Morgan fingerprint density at radius 1 is 0.787 bits per heavy atom. The molecule has 0 saturated carbocycles. The largest absolute Gasteiger partial charge is 0.458 e. The van der Waals surface area contributed by atoms with Gasteiger partial charge in [-0.25, -0.2) is 9.59 Å². The number of carbonyl (C=O) groups is 4. The molecule has 47 heavy (non-hydrogen) atoms. The van der Waals surface area contributed by atoms with Crippen molar-refractivity contribution in [1.29, 1.82) is 0 Å². The Balaban J connectivity index is 2.69. The molecule has 2 aromatic rings. The highest BCUT2D eigenvalue weighted by molar-refractivity contribution is 5.94. The van der Waals surface area contributed by atoms with E-state index in [0.717, 1.165) is 16.7 Å². The summed E-state index contributed by atoms with van der Waals surface area (Å²) in [7, 11) is 0. The fourth-order valence-electron chi connectivity index (χ4n) is 5.39. The first-order valence-corrected chi connectivity index (χ1v) is 16.7. The number of ether oxygens (including phenoxy) is 2. The summed E-state index contributed by atoms with van der Waals surface area (Å²) in [6, 6.07) is 11.7. The van der Waals surface area contributed by atoms with E-state index in [4.69, 9.17) is 9.47 Å². The third-order valence-electron chi connectivity index (χ3n) is 7.39. The maximum Gasteiger partial charge on any atom is 0.408 e. The molecule has 9 heteroatoms. The van der Waals surface area contributed by atoms with Crippen molar-refractivity contribution in [1.82, 2.24) is 15.5 Å². The Hall–Kier alpha value is -3.88. The Morgan fingerprint density at radius 2 is 1.34 bits per heavy atom. The molecule has 0 aromatic heterocycles. The average Bonchev–Trinajstić information content (AvgIpc) is 2.92. The van der Waals surface area contributed by atoms with E-state index in [-0.39, 0.29) is 12.3 Å². The highest BCUT2D eigenvalue weighted by Crippen LogP contribution is 2.29. The van der Waals surface area contributed by atoms with Crippen LogP contribution in [0.2, 0.25) is 0 Å². The van der Waals surface area contributed by atoms with Gasteiger partial charge in [-0.3, -0.25) is 9.59 Å². The number of rotatable bonds is 13. The lowest BCUT2D eigenvalue weighted by Crippen LogP contribution is -2.57. The van der Waals surface area contributed by atoms with Crippen LogP contribution < -0.4 is 10.6 Å². The number of benzene rings is 2. The summed E-state index contributed by atoms with van der Waals surface area (Å²) in [6.45, 7) is 22.2. The van der Waals surface area contributed by atoms with Gasteiger partial charge in [0.2, 0.25) is 11.8 Å². The Morgan fingerprint density at radius 3 is 1.83 bits per heavy atom. The second-order valence-corrected chi connectivity index (χ2v) is 14.9. The molecule has 0 spiro atoms. The van der Waals surface area contributed by atoms with Crippen LogP contribution in [0.4, 0.5) is 4.79 Å². The molecule has 4 atom stereocenters. The van der Waals surface area contributed by atoms with Crippen molar-refractivity contribution in [2.75, 3.05) is 0 Å². The molecule has 0 saturated heterocycles. The number of hydrogen-bond donors (Lipinski definition) is 2. The van der Waals surface area contributed by atoms with Crippen molar-refractivity contribution >= 4 is 23.9 Å². The molecule has 0 aliphatic carbocycles. The van der Waals surface area contributed by atoms with E-state index in [1.165, 1.54) is 0 Å². The zero-order chi connectivity index (χ0) is 35.7. The summed E-state index contributed by atoms with van der Waals surface area (Å²) in [6.07, 6.45) is 0.372. The summed E-state index contributed by atoms with van der Waals surface area (Å²) < 4.78 is 11.3. The van der Waals surface area contributed by atoms with Crippen LogP contribution in [-0.2, 0) is 30.3 Å². The van der Waals surface area contributed by atoms with Crippen molar-refractivity contribution in [3.8, 4) is 0 Å². The predicted octanol–water partition coefficient (Wildman–Crippen LogP) is 6.98. The third kappa shape index (κ3) is 13.0. The number of nitrogens with zero attached hydrogens (tertiary/aromatic N) is 1. The highest BCUT2D eigenvalue weighted by atomic mass is 16.6. The summed E-state index contributed by atoms with van der Waals surface area (Å²) >= 11 is 0. The maximum absolute atomic E-state index is 14.7. The Bertz CT molecular complexity index is 1340. The van der Waals surface area contributed by atoms with Crippen LogP contribution >= 0.6 is 0 Å². The monoisotopic (exact) mass is 651 g/mol. The normalized spacial score (nSPS) is 14.4. The van der Waals surface area contributed by atoms with Crippen LogP contribution in [0.3, 0.4) is 0 Å². The molecule has 0 radical (unpaired) electrons. The van der Waals surface area contributed by atoms with Crippen LogP contribution in [0.15, 0.2) is 48.5 Å². The molecule has 0 aliphatic rings. The molecule has 0 bridgehead atoms. The number of aryl methyl sites for hydroxylation is 2. The summed E-state index contributed by atoms with van der Waals surface area (Å²) in [4.78, 5) is 57.3. The lowest BCUT2D eigenvalue weighted by molar-refractivity contribution is -0.159. The van der Waals surface area contributed by atoms with Crippen LogP contribution in [0, 0.1) is 19.8 Å². The zero-order valence-corrected chi connectivity index (χ0v) is 30.5. The van der Waals surface area contributed by atoms with Gasteiger partial charge in [-0.15, -0.1) is 0 Å². The highest BCUT2D eigenvalue weighted by Gasteiger charge is 2.40. The van der Waals surface area contributed by atoms with Gasteiger partial charge in [-0.2, -0.15) is 0 Å². The Labute approximate surface area is 282 Å². The predicted molar refractivity (Wildman–Crippen MR) is 186 cm³/mol. The molecule has 260 valence electrons. The molecular weight excluding hydrogens is 594 g/mol. The Kier molecular flexibility index (Phi) is 14.0. The first kappa shape index (κ1) is 39.3. The summed E-state index contributed by atoms with van der Waals surface area (Å²) in [5.74, 6) is -1.45. The topological polar surface area (TPSA) is 114 Å². The van der Waals surface area contributed by atoms with E-state index in [9.17, 15) is 19.2 Å². The van der Waals surface area contributed by atoms with Gasteiger partial charge in [-0.1, -0.05) is 80.4 Å². The fraction of sp³-hybridized carbons (Fsp3) is 0.579. The van der Waals surface area contributed by atoms with Crippen LogP contribution in [0.25, 0.3) is 0 Å². The second kappa shape index (κ2) is 16.8. The van der Waals surface area contributed by atoms with Crippen molar-refractivity contribution in [3.05, 3.63) is 70.8 Å². The number of hydrogen-bond acceptors (Lipinski definition) is 6. The quantitative estimate of drug-likeness (QED) is 0.226. The van der Waals surface area contributed by atoms with Gasteiger partial charge in [0.1, 0.15) is 29.3 Å². The standard InChI is InChI=1S/C38H57N3O6/c1-13-27(6)41(34(43)30(19-24(2)3)40-36(45)47-38(10,11)12)32(29-21-25(4)20-26(5)22-29)33(42)39-31(35(44)46-37(7,8)9)23-28-17-15-14-16-18-28/h14-18,20-22,24,27,30-32H,13,19,23H2,1-12H3,(H,39,42)(H,40,45). The lowest BCUT2D eigenvalue weighted by Gasteiger charge is -2.39. The van der Waals surface area contributed by atoms with Gasteiger partial charge in [0.15, 0.2) is 0 Å². The molecule has 0 aliphatic heterocycles. The third-order valence-corrected chi connectivity index (χ3v) is 7.39. The molecule has 0 heterocycles. The maximum atomic E-state index is 14.7. The first-order chi connectivity index (χ1) is 21.7. The van der Waals surface area contributed by atoms with E-state index in [1.54, 1.807) is 46.4 Å². The van der Waals surface area contributed by atoms with Crippen LogP contribution in [0.5, 0.6) is 0 Å². The van der Waals surface area contributed by atoms with Gasteiger partial charge in [0.25, 0.3) is 0 Å². The van der Waals surface area contributed by atoms with Crippen molar-refractivity contribution < 1.29 is 28.7 Å². The minimum absolute atomic E-state index is 0.0496. The number of nitrogens with one attached hydrogen (secondary N) is 2. The molecule has 2 N–H and O–H groups in total. The zero-order valence-electron chi connectivity index (χ0n) is 30.5. The minimum atomic E-state index is -1.10. The van der Waals surface area contributed by atoms with Crippen molar-refractivity contribution in [2.24, 2.45) is 5.92 Å². The summed E-state index contributed by atoms with van der Waals surface area (Å²) in [5, 5.41) is 5.76. The van der Waals surface area contributed by atoms with Crippen molar-refractivity contribution in [2.45, 2.75) is 138 Å². The van der Waals surface area contributed by atoms with Gasteiger partial charge >= 0.3 is 12.1 Å². The molecule has 2 aromatic carbocycles. The fourth-order valence-corrected chi connectivity index (χ4v) is 5.39. The minimum Gasteiger partial charge on any atom is -0.458 e. The number of esters is 1. The van der Waals surface area contributed by atoms with E-state index < -0.39 is 59.2 Å². The van der Waals surface area contributed by atoms with Crippen LogP contribution in [-0.4, -0.2) is 58.1 Å². The average molecular weight is 652 g/mol. The van der Waals surface area contributed by atoms with Gasteiger partial charge in [-0.05, 0) is 92.2 Å². The molecule has 4 unspecified atom stereocenters. The number of carbonyl (C=O) groups excluding carboxylic acids is 4. The molecule has 3 amide bonds. The number of amides is 3. The smallest absolute Gasteiger partial charge is 0.408 e. The van der Waals surface area contributed by atoms with Gasteiger partial charge in [0, 0.05) is 12.5 Å². The lowest BCUT2D eigenvalue weighted by atomic mass is 9.94. The van der Waals surface area contributed by atoms with Crippen molar-refractivity contribution in [3.63, 3.8) is 0 Å². The molecule has 2 rings (SSSR count). The first-order valence-electron chi connectivity index (χ1n) is 16.7. The van der Waals surface area contributed by atoms with Gasteiger partial charge < -0.3 is 25.0 Å². The SMILES string of the molecule is CCC(C)N(C(=O)C(CC(C)C)NC(=O)OC(C)(C)C)C(C(=O)NC(Cc1ccccc1)C(=O)OC(C)(C)C)c1cc(C)cc(C)c1. The van der Waals surface area contributed by atoms with Crippen LogP contribution in [0.1, 0.15) is 110 Å². The molecular formula is C38H57N3O6. The molecule has 0 fully saturated rings. The van der Waals surface area contributed by atoms with E-state index >= 15 is 0 Å². The van der Waals surface area contributed by atoms with E-state index in [1.807, 2.05) is 90.1 Å². The van der Waals surface area contributed by atoms with E-state index in [2.05, 4.69) is 10.6 Å². The molecule has 9 nitrogen and oxygen atoms in total. The van der Waals surface area contributed by atoms with E-state index in [0.29, 0.717) is 18.4 Å². The number of alkyl carbamates (subject to hydrolysis) is 1.